The molecule has 9 N–H and O–H groups in total. The number of allylic oxidation sites excluding steroid dienone is 1. The molecule has 3 heterocycles. The third-order valence-electron chi connectivity index (χ3n) is 8.87. The normalized spacial score (nSPS) is 20.6. The van der Waals surface area contributed by atoms with E-state index >= 15 is 0 Å². The molecule has 0 amide bonds. The summed E-state index contributed by atoms with van der Waals surface area (Å²) in [4.78, 5) is 19.2. The highest BCUT2D eigenvalue weighted by molar-refractivity contribution is 5.85. The lowest BCUT2D eigenvalue weighted by atomic mass is 9.76. The Bertz CT molecular complexity index is 647. The average molecular weight is 572 g/mol. The molecule has 3 saturated heterocycles. The van der Waals surface area contributed by atoms with Crippen LogP contribution in [0.4, 0.5) is 0 Å². The van der Waals surface area contributed by atoms with E-state index in [1.807, 2.05) is 13.0 Å². The number of hydrogen-bond donors (Lipinski definition) is 8. The molecule has 0 spiro atoms. The minimum Gasteiger partial charge on any atom is -0.477 e. The van der Waals surface area contributed by atoms with E-state index in [9.17, 15) is 9.90 Å². The number of aliphatic carboxylic acids is 1. The van der Waals surface area contributed by atoms with Gasteiger partial charge in [0.15, 0.2) is 0 Å². The Morgan fingerprint density at radius 3 is 1.27 bits per heavy atom. The van der Waals surface area contributed by atoms with Crippen LogP contribution in [0.5, 0.6) is 0 Å². The summed E-state index contributed by atoms with van der Waals surface area (Å²) >= 11 is 0. The molecule has 0 unspecified atom stereocenters. The van der Waals surface area contributed by atoms with Crippen LogP contribution in [0.25, 0.3) is 0 Å². The molecule has 0 bridgehead atoms. The van der Waals surface area contributed by atoms with Crippen molar-refractivity contribution in [2.75, 3.05) is 118 Å². The molecular formula is C28H57N7O5. The molecule has 234 valence electrons. The molecule has 0 aliphatic carbocycles. The third kappa shape index (κ3) is 12.3. The van der Waals surface area contributed by atoms with Crippen molar-refractivity contribution in [1.82, 2.24) is 30.7 Å². The van der Waals surface area contributed by atoms with Crippen LogP contribution in [0.3, 0.4) is 0 Å². The minimum absolute atomic E-state index is 0.000863. The summed E-state index contributed by atoms with van der Waals surface area (Å²) < 4.78 is 0. The number of nitrogens with zero attached hydrogens (tertiary/aromatic N) is 3. The van der Waals surface area contributed by atoms with Crippen LogP contribution >= 0.6 is 0 Å². The monoisotopic (exact) mass is 571 g/mol. The van der Waals surface area contributed by atoms with Gasteiger partial charge in [-0.15, -0.1) is 0 Å². The summed E-state index contributed by atoms with van der Waals surface area (Å²) in [5.41, 5.74) is 5.16. The molecule has 0 saturated carbocycles. The topological polar surface area (TPSA) is 170 Å². The summed E-state index contributed by atoms with van der Waals surface area (Å²) in [6.07, 6.45) is 5.37. The maximum atomic E-state index is 11.6. The van der Waals surface area contributed by atoms with E-state index in [1.165, 1.54) is 0 Å². The number of nitrogens with two attached hydrogens (primary N) is 1. The maximum Gasteiger partial charge on any atom is 0.351 e. The van der Waals surface area contributed by atoms with Gasteiger partial charge in [-0.05, 0) is 56.8 Å². The van der Waals surface area contributed by atoms with Crippen LogP contribution < -0.4 is 21.7 Å². The largest absolute Gasteiger partial charge is 0.477 e. The first-order valence-electron chi connectivity index (χ1n) is 15.1. The summed E-state index contributed by atoms with van der Waals surface area (Å²) in [5.74, 6) is -1.00. The summed E-state index contributed by atoms with van der Waals surface area (Å²) in [6.45, 7) is 16.9. The standard InChI is InChI=1S/C22H43N7O2.C6H14O3/c23-20(21(30)31)19-22(1-10-27-13-4-24-5-14-27,2-11-28-15-6-25-7-16-28)3-12-29-17-8-26-9-18-29;1-2-6(3-7,4-8)5-9/h19,24-26H,1-18,23H2,(H,30,31);7-9H,2-5H2,1H3/b20-19-;. The van der Waals surface area contributed by atoms with Crippen LogP contribution in [-0.4, -0.2) is 159 Å². The Balaban J connectivity index is 0.000000536. The molecule has 12 heteroatoms. The van der Waals surface area contributed by atoms with Crippen LogP contribution in [-0.2, 0) is 4.79 Å². The highest BCUT2D eigenvalue weighted by Crippen LogP contribution is 2.35. The number of carboxylic acid groups (broad SMARTS) is 1. The molecule has 0 aromatic carbocycles. The lowest BCUT2D eigenvalue weighted by Crippen LogP contribution is -2.47. The molecule has 12 nitrogen and oxygen atoms in total. The summed E-state index contributed by atoms with van der Waals surface area (Å²) in [5, 5.41) is 45.8. The number of piperazine rings is 3. The zero-order valence-electron chi connectivity index (χ0n) is 24.7. The molecule has 40 heavy (non-hydrogen) atoms. The molecule has 3 aliphatic heterocycles. The smallest absolute Gasteiger partial charge is 0.351 e. The highest BCUT2D eigenvalue weighted by Gasteiger charge is 2.32. The van der Waals surface area contributed by atoms with Crippen molar-refractivity contribution in [2.45, 2.75) is 32.6 Å². The first-order chi connectivity index (χ1) is 19.3. The van der Waals surface area contributed by atoms with Gasteiger partial charge in [-0.3, -0.25) is 0 Å². The molecule has 0 aromatic rings. The second kappa shape index (κ2) is 19.0. The fourth-order valence-electron chi connectivity index (χ4n) is 5.42. The van der Waals surface area contributed by atoms with Crippen LogP contribution in [0.1, 0.15) is 32.6 Å². The summed E-state index contributed by atoms with van der Waals surface area (Å²) in [7, 11) is 0. The molecule has 3 fully saturated rings. The van der Waals surface area contributed by atoms with Gasteiger partial charge in [0.25, 0.3) is 0 Å². The van der Waals surface area contributed by atoms with Crippen molar-refractivity contribution in [1.29, 1.82) is 0 Å². The van der Waals surface area contributed by atoms with Crippen LogP contribution in [0.15, 0.2) is 11.8 Å². The molecule has 3 aliphatic rings. The quantitative estimate of drug-likeness (QED) is 0.103. The number of carbonyl (C=O) groups is 1. The van der Waals surface area contributed by atoms with Gasteiger partial charge in [0.05, 0.1) is 19.8 Å². The number of rotatable bonds is 15. The number of nitrogens with one attached hydrogen (secondary N) is 3. The predicted molar refractivity (Wildman–Crippen MR) is 158 cm³/mol. The number of hydrogen-bond acceptors (Lipinski definition) is 11. The second-order valence-electron chi connectivity index (χ2n) is 11.6. The van der Waals surface area contributed by atoms with Gasteiger partial charge in [0, 0.05) is 84.0 Å². The molecular weight excluding hydrogens is 514 g/mol. The fraction of sp³-hybridized carbons (Fsp3) is 0.893. The van der Waals surface area contributed by atoms with E-state index in [2.05, 4.69) is 30.7 Å². The summed E-state index contributed by atoms with van der Waals surface area (Å²) in [6, 6.07) is 0. The van der Waals surface area contributed by atoms with E-state index < -0.39 is 11.4 Å². The first kappa shape index (κ1) is 34.8. The zero-order chi connectivity index (χ0) is 29.3. The lowest BCUT2D eigenvalue weighted by Gasteiger charge is -2.39. The van der Waals surface area contributed by atoms with Crippen molar-refractivity contribution in [2.24, 2.45) is 16.6 Å². The Morgan fingerprint density at radius 2 is 1.05 bits per heavy atom. The molecule has 3 rings (SSSR count). The first-order valence-corrected chi connectivity index (χ1v) is 15.1. The molecule has 0 aromatic heterocycles. The number of carboxylic acids is 1. The van der Waals surface area contributed by atoms with E-state index in [4.69, 9.17) is 21.1 Å². The fourth-order valence-corrected chi connectivity index (χ4v) is 5.42. The van der Waals surface area contributed by atoms with Crippen molar-refractivity contribution in [3.05, 3.63) is 11.8 Å². The van der Waals surface area contributed by atoms with Gasteiger partial charge in [-0.1, -0.05) is 6.92 Å². The van der Waals surface area contributed by atoms with Crippen molar-refractivity contribution in [3.8, 4) is 0 Å². The predicted octanol–water partition coefficient (Wildman–Crippen LogP) is -1.85. The van der Waals surface area contributed by atoms with E-state index in [0.29, 0.717) is 6.42 Å². The number of aliphatic hydroxyl groups is 3. The van der Waals surface area contributed by atoms with Crippen molar-refractivity contribution >= 4 is 5.97 Å². The van der Waals surface area contributed by atoms with Gasteiger partial charge in [0.1, 0.15) is 5.70 Å². The Hall–Kier alpha value is -1.35. The molecule has 0 atom stereocenters. The highest BCUT2D eigenvalue weighted by atomic mass is 16.4. The van der Waals surface area contributed by atoms with Crippen LogP contribution in [0.2, 0.25) is 0 Å². The average Bonchev–Trinajstić information content (AvgIpc) is 3.01. The van der Waals surface area contributed by atoms with Crippen molar-refractivity contribution < 1.29 is 25.2 Å². The van der Waals surface area contributed by atoms with Gasteiger partial charge < -0.3 is 56.8 Å². The Kier molecular flexibility index (Phi) is 16.5. The lowest BCUT2D eigenvalue weighted by molar-refractivity contribution is -0.132. The van der Waals surface area contributed by atoms with Crippen molar-refractivity contribution in [3.63, 3.8) is 0 Å². The van der Waals surface area contributed by atoms with E-state index in [0.717, 1.165) is 117 Å². The zero-order valence-corrected chi connectivity index (χ0v) is 24.7. The SMILES string of the molecule is CCC(CO)(CO)CO.N/C(=C\C(CCN1CCNCC1)(CCN1CCNCC1)CCN1CCNCC1)C(=O)O. The third-order valence-corrected chi connectivity index (χ3v) is 8.87. The molecule has 0 radical (unpaired) electrons. The van der Waals surface area contributed by atoms with Gasteiger partial charge in [-0.25, -0.2) is 4.79 Å². The van der Waals surface area contributed by atoms with E-state index in [1.54, 1.807) is 0 Å². The number of aliphatic hydroxyl groups excluding tert-OH is 3. The van der Waals surface area contributed by atoms with Gasteiger partial charge >= 0.3 is 5.97 Å². The van der Waals surface area contributed by atoms with Crippen LogP contribution in [0, 0.1) is 10.8 Å². The van der Waals surface area contributed by atoms with Gasteiger partial charge in [-0.2, -0.15) is 0 Å². The maximum absolute atomic E-state index is 11.6. The Morgan fingerprint density at radius 1 is 0.725 bits per heavy atom. The van der Waals surface area contributed by atoms with Gasteiger partial charge in [0.2, 0.25) is 0 Å². The minimum atomic E-state index is -1.00. The Labute approximate surface area is 240 Å². The second-order valence-corrected chi connectivity index (χ2v) is 11.6. The van der Waals surface area contributed by atoms with E-state index in [-0.39, 0.29) is 30.9 Å².